The van der Waals surface area contributed by atoms with Crippen molar-refractivity contribution >= 4 is 34.0 Å². The summed E-state index contributed by atoms with van der Waals surface area (Å²) in [6.45, 7) is 0. The average Bonchev–Trinajstić information content (AvgIpc) is 3.15. The highest BCUT2D eigenvalue weighted by Gasteiger charge is 2.28. The number of hydrogen-bond donors (Lipinski definition) is 1. The van der Waals surface area contributed by atoms with Crippen LogP contribution < -0.4 is 5.69 Å². The average molecular weight is 340 g/mol. The second-order valence-corrected chi connectivity index (χ2v) is 6.21. The maximum absolute atomic E-state index is 11.7. The molecule has 0 radical (unpaired) electrons. The Hall–Kier alpha value is -1.34. The fourth-order valence-corrected chi connectivity index (χ4v) is 3.36. The number of carbonyl (C=O) groups excluding carboxylic acids is 1. The SMILES string of the molecule is O=Cc1ccc(Sc2n[nH]c(=O)n2C2CC2)cc1Br. The highest BCUT2D eigenvalue weighted by Crippen LogP contribution is 2.38. The van der Waals surface area contributed by atoms with Gasteiger partial charge in [-0.2, -0.15) is 0 Å². The lowest BCUT2D eigenvalue weighted by atomic mass is 10.2. The van der Waals surface area contributed by atoms with Crippen LogP contribution in [0.15, 0.2) is 37.5 Å². The standard InChI is InChI=1S/C12H10BrN3O2S/c13-10-5-9(4-1-7(10)6-17)19-12-15-14-11(18)16(12)8-2-3-8/h1,4-6,8H,2-3H2,(H,14,18). The van der Waals surface area contributed by atoms with E-state index in [1.807, 2.05) is 12.1 Å². The normalized spacial score (nSPS) is 14.6. The third kappa shape index (κ3) is 2.52. The van der Waals surface area contributed by atoms with Gasteiger partial charge in [0.25, 0.3) is 0 Å². The number of benzene rings is 1. The van der Waals surface area contributed by atoms with E-state index < -0.39 is 0 Å². The summed E-state index contributed by atoms with van der Waals surface area (Å²) in [5, 5.41) is 7.20. The van der Waals surface area contributed by atoms with Crippen LogP contribution >= 0.6 is 27.7 Å². The molecule has 0 bridgehead atoms. The number of halogens is 1. The van der Waals surface area contributed by atoms with Crippen molar-refractivity contribution in [1.29, 1.82) is 0 Å². The molecule has 1 N–H and O–H groups in total. The van der Waals surface area contributed by atoms with E-state index in [1.54, 1.807) is 10.6 Å². The van der Waals surface area contributed by atoms with Gasteiger partial charge in [-0.1, -0.05) is 15.9 Å². The maximum atomic E-state index is 11.7. The molecule has 0 saturated heterocycles. The summed E-state index contributed by atoms with van der Waals surface area (Å²) in [6.07, 6.45) is 2.86. The summed E-state index contributed by atoms with van der Waals surface area (Å²) >= 11 is 4.76. The van der Waals surface area contributed by atoms with Crippen LogP contribution in [0.3, 0.4) is 0 Å². The van der Waals surface area contributed by atoms with Gasteiger partial charge in [0.05, 0.1) is 0 Å². The van der Waals surface area contributed by atoms with Crippen LogP contribution in [0, 0.1) is 0 Å². The Kier molecular flexibility index (Phi) is 3.32. The smallest absolute Gasteiger partial charge is 0.298 e. The summed E-state index contributed by atoms with van der Waals surface area (Å²) in [7, 11) is 0. The molecular formula is C12H10BrN3O2S. The van der Waals surface area contributed by atoms with Gasteiger partial charge in [0, 0.05) is 21.0 Å². The van der Waals surface area contributed by atoms with E-state index in [-0.39, 0.29) is 11.7 Å². The Morgan fingerprint density at radius 2 is 2.26 bits per heavy atom. The van der Waals surface area contributed by atoms with Gasteiger partial charge in [0.15, 0.2) is 11.4 Å². The van der Waals surface area contributed by atoms with Gasteiger partial charge >= 0.3 is 5.69 Å². The lowest BCUT2D eigenvalue weighted by Gasteiger charge is -2.04. The molecule has 1 aromatic carbocycles. The number of aromatic nitrogens is 3. The predicted octanol–water partition coefficient (Wildman–Crippen LogP) is 2.63. The topological polar surface area (TPSA) is 67.8 Å². The molecule has 0 unspecified atom stereocenters. The Balaban J connectivity index is 1.91. The minimum absolute atomic E-state index is 0.159. The number of H-pyrrole nitrogens is 1. The molecule has 1 aliphatic carbocycles. The lowest BCUT2D eigenvalue weighted by molar-refractivity contribution is 0.112. The molecule has 0 atom stereocenters. The van der Waals surface area contributed by atoms with Gasteiger partial charge in [-0.3, -0.25) is 9.36 Å². The number of nitrogens with one attached hydrogen (secondary N) is 1. The summed E-state index contributed by atoms with van der Waals surface area (Å²) in [5.74, 6) is 0. The maximum Gasteiger partial charge on any atom is 0.344 e. The van der Waals surface area contributed by atoms with E-state index in [1.165, 1.54) is 11.8 Å². The monoisotopic (exact) mass is 339 g/mol. The van der Waals surface area contributed by atoms with E-state index in [4.69, 9.17) is 0 Å². The molecule has 3 rings (SSSR count). The van der Waals surface area contributed by atoms with Gasteiger partial charge in [-0.05, 0) is 42.8 Å². The minimum Gasteiger partial charge on any atom is -0.298 e. The van der Waals surface area contributed by atoms with Crippen molar-refractivity contribution in [2.24, 2.45) is 0 Å². The number of rotatable bonds is 4. The first-order valence-corrected chi connectivity index (χ1v) is 7.39. The van der Waals surface area contributed by atoms with Crippen molar-refractivity contribution in [2.75, 3.05) is 0 Å². The minimum atomic E-state index is -0.159. The van der Waals surface area contributed by atoms with Gasteiger partial charge in [-0.15, -0.1) is 5.10 Å². The summed E-state index contributed by atoms with van der Waals surface area (Å²) in [5.41, 5.74) is 0.444. The molecule has 1 heterocycles. The molecule has 1 fully saturated rings. The molecule has 1 aromatic heterocycles. The first-order valence-electron chi connectivity index (χ1n) is 5.78. The third-order valence-corrected chi connectivity index (χ3v) is 4.54. The van der Waals surface area contributed by atoms with Crippen LogP contribution in [0.1, 0.15) is 29.2 Å². The number of carbonyl (C=O) groups is 1. The van der Waals surface area contributed by atoms with Gasteiger partial charge in [-0.25, -0.2) is 9.89 Å². The van der Waals surface area contributed by atoms with Crippen LogP contribution in [0.2, 0.25) is 0 Å². The van der Waals surface area contributed by atoms with Crippen LogP contribution in [0.4, 0.5) is 0 Å². The molecule has 0 spiro atoms. The zero-order valence-electron chi connectivity index (χ0n) is 9.80. The molecule has 98 valence electrons. The Morgan fingerprint density at radius 1 is 1.47 bits per heavy atom. The first-order chi connectivity index (χ1) is 9.19. The quantitative estimate of drug-likeness (QED) is 0.869. The predicted molar refractivity (Wildman–Crippen MR) is 74.8 cm³/mol. The second kappa shape index (κ2) is 4.97. The first kappa shape index (κ1) is 12.7. The van der Waals surface area contributed by atoms with E-state index >= 15 is 0 Å². The molecule has 0 amide bonds. The highest BCUT2D eigenvalue weighted by atomic mass is 79.9. The molecule has 5 nitrogen and oxygen atoms in total. The van der Waals surface area contributed by atoms with Gasteiger partial charge in [0.2, 0.25) is 0 Å². The van der Waals surface area contributed by atoms with E-state index in [2.05, 4.69) is 26.1 Å². The Labute approximate surface area is 121 Å². The van der Waals surface area contributed by atoms with Crippen molar-refractivity contribution < 1.29 is 4.79 Å². The lowest BCUT2D eigenvalue weighted by Crippen LogP contribution is -2.15. The number of aromatic amines is 1. The zero-order chi connectivity index (χ0) is 13.4. The van der Waals surface area contributed by atoms with Crippen LogP contribution in [-0.4, -0.2) is 21.1 Å². The van der Waals surface area contributed by atoms with Crippen molar-refractivity contribution in [1.82, 2.24) is 14.8 Å². The van der Waals surface area contributed by atoms with Crippen molar-refractivity contribution in [3.8, 4) is 0 Å². The Bertz CT molecular complexity index is 691. The molecule has 7 heteroatoms. The fraction of sp³-hybridized carbons (Fsp3) is 0.250. The number of hydrogen-bond acceptors (Lipinski definition) is 4. The van der Waals surface area contributed by atoms with Crippen molar-refractivity contribution in [2.45, 2.75) is 28.9 Å². The van der Waals surface area contributed by atoms with E-state index in [0.29, 0.717) is 10.7 Å². The molecule has 1 saturated carbocycles. The van der Waals surface area contributed by atoms with Crippen molar-refractivity contribution in [3.63, 3.8) is 0 Å². The zero-order valence-corrected chi connectivity index (χ0v) is 12.2. The van der Waals surface area contributed by atoms with Crippen LogP contribution in [0.25, 0.3) is 0 Å². The molecule has 0 aliphatic heterocycles. The number of nitrogens with zero attached hydrogens (tertiary/aromatic N) is 2. The second-order valence-electron chi connectivity index (χ2n) is 4.32. The largest absolute Gasteiger partial charge is 0.344 e. The van der Waals surface area contributed by atoms with Crippen LogP contribution in [0.5, 0.6) is 0 Å². The summed E-state index contributed by atoms with van der Waals surface area (Å²) < 4.78 is 2.44. The van der Waals surface area contributed by atoms with Gasteiger partial charge < -0.3 is 0 Å². The summed E-state index contributed by atoms with van der Waals surface area (Å²) in [6, 6.07) is 5.72. The molecule has 19 heavy (non-hydrogen) atoms. The Morgan fingerprint density at radius 3 is 2.89 bits per heavy atom. The summed E-state index contributed by atoms with van der Waals surface area (Å²) in [4.78, 5) is 23.3. The van der Waals surface area contributed by atoms with E-state index in [0.717, 1.165) is 28.5 Å². The van der Waals surface area contributed by atoms with Gasteiger partial charge in [0.1, 0.15) is 0 Å². The van der Waals surface area contributed by atoms with Crippen molar-refractivity contribution in [3.05, 3.63) is 38.7 Å². The molecular weight excluding hydrogens is 330 g/mol. The molecule has 1 aliphatic rings. The van der Waals surface area contributed by atoms with E-state index in [9.17, 15) is 9.59 Å². The number of aldehydes is 1. The van der Waals surface area contributed by atoms with Crippen LogP contribution in [-0.2, 0) is 0 Å². The third-order valence-electron chi connectivity index (χ3n) is 2.89. The highest BCUT2D eigenvalue weighted by molar-refractivity contribution is 9.10. The fourth-order valence-electron chi connectivity index (χ4n) is 1.79. The molecule has 2 aromatic rings.